The first kappa shape index (κ1) is 22.2. The Morgan fingerprint density at radius 1 is 0.970 bits per heavy atom. The number of anilines is 1. The number of halogens is 1. The highest BCUT2D eigenvalue weighted by Crippen LogP contribution is 2.45. The number of aromatic hydroxyl groups is 1. The average Bonchev–Trinajstić information content (AvgIpc) is 3.09. The van der Waals surface area contributed by atoms with Gasteiger partial charge in [-0.15, -0.1) is 0 Å². The van der Waals surface area contributed by atoms with E-state index in [4.69, 9.17) is 21.1 Å². The van der Waals surface area contributed by atoms with Crippen molar-refractivity contribution in [3.8, 4) is 17.2 Å². The van der Waals surface area contributed by atoms with Gasteiger partial charge in [0, 0.05) is 5.02 Å². The molecule has 0 aliphatic carbocycles. The summed E-state index contributed by atoms with van der Waals surface area (Å²) < 4.78 is 10.5. The molecule has 1 heterocycles. The number of ether oxygens (including phenoxy) is 2. The number of para-hydroxylation sites is 2. The fourth-order valence-corrected chi connectivity index (χ4v) is 4.03. The zero-order chi connectivity index (χ0) is 23.7. The Balaban J connectivity index is 1.99. The average molecular weight is 466 g/mol. The monoisotopic (exact) mass is 465 g/mol. The van der Waals surface area contributed by atoms with Crippen molar-refractivity contribution in [3.63, 3.8) is 0 Å². The zero-order valence-electron chi connectivity index (χ0n) is 17.8. The number of phenolic OH excluding ortho intramolecular Hbond substituents is 1. The molecule has 1 saturated heterocycles. The Morgan fingerprint density at radius 2 is 1.67 bits per heavy atom. The summed E-state index contributed by atoms with van der Waals surface area (Å²) in [6.45, 7) is 0. The Morgan fingerprint density at radius 3 is 2.30 bits per heavy atom. The minimum absolute atomic E-state index is 0.137. The minimum Gasteiger partial charge on any atom is -0.507 e. The van der Waals surface area contributed by atoms with E-state index in [1.54, 1.807) is 48.5 Å². The predicted octanol–water partition coefficient (Wildman–Crippen LogP) is 4.69. The van der Waals surface area contributed by atoms with Crippen molar-refractivity contribution in [1.29, 1.82) is 0 Å². The summed E-state index contributed by atoms with van der Waals surface area (Å²) in [4.78, 5) is 27.6. The smallest absolute Gasteiger partial charge is 0.300 e. The van der Waals surface area contributed by atoms with E-state index >= 15 is 0 Å². The van der Waals surface area contributed by atoms with E-state index in [-0.39, 0.29) is 28.3 Å². The van der Waals surface area contributed by atoms with Crippen LogP contribution < -0.4 is 14.4 Å². The Hall–Kier alpha value is -3.97. The molecule has 0 saturated carbocycles. The van der Waals surface area contributed by atoms with E-state index < -0.39 is 23.5 Å². The fraction of sp³-hybridized carbons (Fsp3) is 0.120. The third-order valence-corrected chi connectivity index (χ3v) is 5.67. The number of Topliss-reactive ketones (excluding diaryl/α,β-unsaturated/α-hetero) is 1. The molecule has 0 aromatic heterocycles. The van der Waals surface area contributed by atoms with Crippen LogP contribution in [0.2, 0.25) is 5.02 Å². The van der Waals surface area contributed by atoms with Gasteiger partial charge in [-0.05, 0) is 48.0 Å². The SMILES string of the molecule is COc1ccc(C2/C(=C(\O)c3cc(Cl)ccc3OC)C(=O)C(=O)N2c2ccccc2O)cc1. The lowest BCUT2D eigenvalue weighted by Crippen LogP contribution is -2.29. The highest BCUT2D eigenvalue weighted by atomic mass is 35.5. The number of carbonyl (C=O) groups excluding carboxylic acids is 2. The number of amides is 1. The van der Waals surface area contributed by atoms with Gasteiger partial charge < -0.3 is 19.7 Å². The quantitative estimate of drug-likeness (QED) is 0.322. The van der Waals surface area contributed by atoms with E-state index in [1.807, 2.05) is 0 Å². The zero-order valence-corrected chi connectivity index (χ0v) is 18.5. The standard InChI is InChI=1S/C25H20ClNO6/c1-32-16-10-7-14(8-11-16)22-21(23(29)17-13-15(26)9-12-20(17)33-2)24(30)25(31)27(22)18-5-3-4-6-19(18)28/h3-13,22,28-29H,1-2H3/b23-21+. The Labute approximate surface area is 195 Å². The molecule has 0 spiro atoms. The highest BCUT2D eigenvalue weighted by molar-refractivity contribution is 6.52. The van der Waals surface area contributed by atoms with Crippen LogP contribution in [0.1, 0.15) is 17.2 Å². The number of aliphatic hydroxyl groups excluding tert-OH is 1. The number of hydrogen-bond donors (Lipinski definition) is 2. The summed E-state index contributed by atoms with van der Waals surface area (Å²) in [6, 6.07) is 16.5. The molecule has 1 amide bonds. The third-order valence-electron chi connectivity index (χ3n) is 5.43. The molecule has 2 N–H and O–H groups in total. The number of carbonyl (C=O) groups is 2. The lowest BCUT2D eigenvalue weighted by atomic mass is 9.94. The highest BCUT2D eigenvalue weighted by Gasteiger charge is 2.47. The van der Waals surface area contributed by atoms with Gasteiger partial charge in [0.25, 0.3) is 11.7 Å². The number of aliphatic hydroxyl groups is 1. The van der Waals surface area contributed by atoms with Crippen LogP contribution in [0.4, 0.5) is 5.69 Å². The third kappa shape index (κ3) is 3.87. The van der Waals surface area contributed by atoms with Crippen LogP contribution in [-0.2, 0) is 9.59 Å². The van der Waals surface area contributed by atoms with Gasteiger partial charge in [-0.1, -0.05) is 35.9 Å². The van der Waals surface area contributed by atoms with Gasteiger partial charge in [0.15, 0.2) is 0 Å². The van der Waals surface area contributed by atoms with E-state index in [1.165, 1.54) is 37.3 Å². The predicted molar refractivity (Wildman–Crippen MR) is 124 cm³/mol. The van der Waals surface area contributed by atoms with Gasteiger partial charge in [-0.3, -0.25) is 14.5 Å². The molecule has 33 heavy (non-hydrogen) atoms. The number of ketones is 1. The summed E-state index contributed by atoms with van der Waals surface area (Å²) in [5.74, 6) is -1.56. The van der Waals surface area contributed by atoms with Crippen molar-refractivity contribution >= 4 is 34.7 Å². The number of methoxy groups -OCH3 is 2. The molecule has 1 atom stereocenters. The van der Waals surface area contributed by atoms with Crippen LogP contribution in [-0.4, -0.2) is 36.1 Å². The van der Waals surface area contributed by atoms with Gasteiger partial charge in [0.05, 0.1) is 37.1 Å². The minimum atomic E-state index is -1.02. The molecular weight excluding hydrogens is 446 g/mol. The van der Waals surface area contributed by atoms with Crippen LogP contribution in [0, 0.1) is 0 Å². The summed E-state index contributed by atoms with van der Waals surface area (Å²) in [5.41, 5.74) is 0.672. The summed E-state index contributed by atoms with van der Waals surface area (Å²) in [6.07, 6.45) is 0. The molecule has 1 fully saturated rings. The summed E-state index contributed by atoms with van der Waals surface area (Å²) in [5, 5.41) is 22.0. The maximum absolute atomic E-state index is 13.2. The van der Waals surface area contributed by atoms with Crippen LogP contribution in [0.3, 0.4) is 0 Å². The van der Waals surface area contributed by atoms with E-state index in [2.05, 4.69) is 0 Å². The molecule has 7 nitrogen and oxygen atoms in total. The molecule has 1 unspecified atom stereocenters. The number of rotatable bonds is 5. The maximum atomic E-state index is 13.2. The van der Waals surface area contributed by atoms with Crippen molar-refractivity contribution in [2.24, 2.45) is 0 Å². The Bertz CT molecular complexity index is 1270. The van der Waals surface area contributed by atoms with Crippen molar-refractivity contribution in [3.05, 3.63) is 88.5 Å². The largest absolute Gasteiger partial charge is 0.507 e. The van der Waals surface area contributed by atoms with Crippen molar-refractivity contribution in [2.75, 3.05) is 19.1 Å². The second kappa shape index (κ2) is 8.88. The van der Waals surface area contributed by atoms with Crippen LogP contribution in [0.5, 0.6) is 17.2 Å². The molecule has 3 aromatic carbocycles. The van der Waals surface area contributed by atoms with Crippen molar-refractivity contribution < 1.29 is 29.3 Å². The molecule has 8 heteroatoms. The van der Waals surface area contributed by atoms with Crippen molar-refractivity contribution in [2.45, 2.75) is 6.04 Å². The van der Waals surface area contributed by atoms with E-state index in [0.717, 1.165) is 0 Å². The molecule has 1 aliphatic rings. The molecule has 4 rings (SSSR count). The van der Waals surface area contributed by atoms with E-state index in [9.17, 15) is 19.8 Å². The second-order valence-corrected chi connectivity index (χ2v) is 7.71. The molecule has 3 aromatic rings. The normalized spacial score (nSPS) is 17.3. The van der Waals surface area contributed by atoms with Gasteiger partial charge in [0.1, 0.15) is 23.0 Å². The second-order valence-electron chi connectivity index (χ2n) is 7.28. The molecule has 0 bridgehead atoms. The van der Waals surface area contributed by atoms with Gasteiger partial charge in [0.2, 0.25) is 0 Å². The number of benzene rings is 3. The van der Waals surface area contributed by atoms with Gasteiger partial charge in [-0.25, -0.2) is 0 Å². The number of nitrogens with zero attached hydrogens (tertiary/aromatic N) is 1. The first-order chi connectivity index (χ1) is 15.9. The lowest BCUT2D eigenvalue weighted by molar-refractivity contribution is -0.132. The van der Waals surface area contributed by atoms with Crippen LogP contribution in [0.25, 0.3) is 5.76 Å². The van der Waals surface area contributed by atoms with E-state index in [0.29, 0.717) is 16.3 Å². The molecule has 1 aliphatic heterocycles. The maximum Gasteiger partial charge on any atom is 0.300 e. The van der Waals surface area contributed by atoms with Gasteiger partial charge in [-0.2, -0.15) is 0 Å². The topological polar surface area (TPSA) is 96.3 Å². The first-order valence-corrected chi connectivity index (χ1v) is 10.3. The van der Waals surface area contributed by atoms with Crippen LogP contribution >= 0.6 is 11.6 Å². The molecule has 168 valence electrons. The van der Waals surface area contributed by atoms with Crippen LogP contribution in [0.15, 0.2) is 72.3 Å². The lowest BCUT2D eigenvalue weighted by Gasteiger charge is -2.26. The fourth-order valence-electron chi connectivity index (χ4n) is 3.86. The number of phenols is 1. The van der Waals surface area contributed by atoms with Crippen molar-refractivity contribution in [1.82, 2.24) is 0 Å². The molecular formula is C25H20ClNO6. The number of hydrogen-bond acceptors (Lipinski definition) is 6. The first-order valence-electron chi connectivity index (χ1n) is 9.94. The molecule has 0 radical (unpaired) electrons. The Kier molecular flexibility index (Phi) is 5.98. The summed E-state index contributed by atoms with van der Waals surface area (Å²) in [7, 11) is 2.94. The van der Waals surface area contributed by atoms with Gasteiger partial charge >= 0.3 is 0 Å². The summed E-state index contributed by atoms with van der Waals surface area (Å²) >= 11 is 6.12.